The minimum Gasteiger partial charge on any atom is -0.491 e. The Kier molecular flexibility index (Phi) is 8.35. The van der Waals surface area contributed by atoms with Crippen LogP contribution in [0.25, 0.3) is 22.6 Å². The maximum atomic E-state index is 9.97. The van der Waals surface area contributed by atoms with Crippen LogP contribution in [0.2, 0.25) is 0 Å². The van der Waals surface area contributed by atoms with Crippen LogP contribution < -0.4 is 15.0 Å². The fourth-order valence-electron chi connectivity index (χ4n) is 4.01. The highest BCUT2D eigenvalue weighted by Gasteiger charge is 2.22. The Morgan fingerprint density at radius 1 is 1.18 bits per heavy atom. The fraction of sp³-hybridized carbons (Fsp3) is 0.458. The van der Waals surface area contributed by atoms with Crippen LogP contribution in [-0.4, -0.2) is 82.2 Å². The SMILES string of the molecule is CNCC(O)COc1cccc(-c2nc(-c3c(C)noc3C)cc(N3CCN(CI)CC3)n2)c1. The molecule has 1 aliphatic heterocycles. The quantitative estimate of drug-likeness (QED) is 0.226. The zero-order valence-electron chi connectivity index (χ0n) is 19.8. The van der Waals surface area contributed by atoms with Gasteiger partial charge in [0.25, 0.3) is 0 Å². The molecule has 3 heterocycles. The van der Waals surface area contributed by atoms with Crippen molar-refractivity contribution in [2.45, 2.75) is 20.0 Å². The number of aryl methyl sites for hydroxylation is 2. The van der Waals surface area contributed by atoms with Crippen molar-refractivity contribution in [3.8, 4) is 28.4 Å². The van der Waals surface area contributed by atoms with E-state index in [2.05, 4.69) is 42.9 Å². The summed E-state index contributed by atoms with van der Waals surface area (Å²) in [6.45, 7) is 8.33. The third-order valence-corrected chi connectivity index (χ3v) is 6.81. The lowest BCUT2D eigenvalue weighted by Crippen LogP contribution is -2.46. The number of hydrogen-bond acceptors (Lipinski definition) is 9. The lowest BCUT2D eigenvalue weighted by atomic mass is 10.1. The van der Waals surface area contributed by atoms with E-state index in [9.17, 15) is 5.11 Å². The Labute approximate surface area is 213 Å². The Morgan fingerprint density at radius 3 is 2.65 bits per heavy atom. The molecule has 4 rings (SSSR count). The van der Waals surface area contributed by atoms with E-state index in [0.717, 1.165) is 64.8 Å². The van der Waals surface area contributed by atoms with Crippen LogP contribution in [0.4, 0.5) is 5.82 Å². The molecule has 1 aromatic carbocycles. The van der Waals surface area contributed by atoms with Crippen LogP contribution in [0.1, 0.15) is 11.5 Å². The van der Waals surface area contributed by atoms with Crippen molar-refractivity contribution in [1.29, 1.82) is 0 Å². The summed E-state index contributed by atoms with van der Waals surface area (Å²) in [5, 5.41) is 17.0. The second-order valence-electron chi connectivity index (χ2n) is 8.41. The third-order valence-electron chi connectivity index (χ3n) is 5.84. The van der Waals surface area contributed by atoms with E-state index >= 15 is 0 Å². The standard InChI is InChI=1S/C24H31IN6O3/c1-16-23(17(2)34-29-16)21-12-22(31-9-7-30(15-25)8-10-31)28-24(27-21)18-5-4-6-20(11-18)33-14-19(32)13-26-3/h4-6,11-12,19,26,32H,7-10,13-15H2,1-3H3. The second-order valence-corrected chi connectivity index (χ2v) is 9.09. The van der Waals surface area contributed by atoms with Gasteiger partial charge in [0.2, 0.25) is 0 Å². The Bertz CT molecular complexity index is 1080. The van der Waals surface area contributed by atoms with Crippen molar-refractivity contribution < 1.29 is 14.4 Å². The van der Waals surface area contributed by atoms with Crippen molar-refractivity contribution in [3.63, 3.8) is 0 Å². The molecular formula is C24H31IN6O3. The number of aliphatic hydroxyl groups excluding tert-OH is 1. The minimum absolute atomic E-state index is 0.205. The maximum absolute atomic E-state index is 9.97. The maximum Gasteiger partial charge on any atom is 0.162 e. The molecule has 34 heavy (non-hydrogen) atoms. The minimum atomic E-state index is -0.583. The van der Waals surface area contributed by atoms with Gasteiger partial charge in [0.05, 0.1) is 21.5 Å². The number of likely N-dealkylation sites (N-methyl/N-ethyl adjacent to an activating group) is 1. The average molecular weight is 578 g/mol. The molecule has 0 amide bonds. The number of piperazine rings is 1. The van der Waals surface area contributed by atoms with E-state index in [0.29, 0.717) is 18.1 Å². The molecule has 2 aromatic heterocycles. The molecule has 9 nitrogen and oxygen atoms in total. The molecule has 1 fully saturated rings. The molecule has 1 saturated heterocycles. The Morgan fingerprint density at radius 2 is 1.97 bits per heavy atom. The first-order valence-electron chi connectivity index (χ1n) is 11.4. The number of anilines is 1. The van der Waals surface area contributed by atoms with Gasteiger partial charge in [-0.3, -0.25) is 4.90 Å². The van der Waals surface area contributed by atoms with Gasteiger partial charge in [-0.2, -0.15) is 0 Å². The van der Waals surface area contributed by atoms with Crippen LogP contribution in [0.15, 0.2) is 34.9 Å². The molecule has 1 unspecified atom stereocenters. The van der Waals surface area contributed by atoms with Crippen LogP contribution in [0.5, 0.6) is 5.75 Å². The number of halogens is 1. The first kappa shape index (κ1) is 24.8. The van der Waals surface area contributed by atoms with Crippen LogP contribution in [0, 0.1) is 13.8 Å². The van der Waals surface area contributed by atoms with Crippen LogP contribution in [0.3, 0.4) is 0 Å². The van der Waals surface area contributed by atoms with Gasteiger partial charge in [-0.1, -0.05) is 39.9 Å². The summed E-state index contributed by atoms with van der Waals surface area (Å²) in [5.74, 6) is 2.91. The number of nitrogens with one attached hydrogen (secondary N) is 1. The van der Waals surface area contributed by atoms with Crippen LogP contribution in [-0.2, 0) is 0 Å². The number of benzene rings is 1. The molecule has 0 spiro atoms. The number of nitrogens with zero attached hydrogens (tertiary/aromatic N) is 5. The second kappa shape index (κ2) is 11.4. The molecule has 0 aliphatic carbocycles. The summed E-state index contributed by atoms with van der Waals surface area (Å²) in [4.78, 5) is 14.6. The van der Waals surface area contributed by atoms with Gasteiger partial charge < -0.3 is 24.6 Å². The topological polar surface area (TPSA) is 99.8 Å². The zero-order chi connectivity index (χ0) is 24.1. The molecule has 0 radical (unpaired) electrons. The van der Waals surface area contributed by atoms with E-state index < -0.39 is 6.10 Å². The van der Waals surface area contributed by atoms with Gasteiger partial charge in [0.15, 0.2) is 5.82 Å². The lowest BCUT2D eigenvalue weighted by molar-refractivity contribution is 0.108. The van der Waals surface area contributed by atoms with E-state index in [4.69, 9.17) is 19.2 Å². The summed E-state index contributed by atoms with van der Waals surface area (Å²) in [6, 6.07) is 9.71. The molecule has 1 aliphatic rings. The predicted molar refractivity (Wildman–Crippen MR) is 141 cm³/mol. The van der Waals surface area contributed by atoms with Crippen molar-refractivity contribution in [2.75, 3.05) is 55.8 Å². The van der Waals surface area contributed by atoms with Crippen molar-refractivity contribution in [2.24, 2.45) is 0 Å². The normalized spacial score (nSPS) is 15.5. The molecule has 0 bridgehead atoms. The molecule has 0 saturated carbocycles. The van der Waals surface area contributed by atoms with Gasteiger partial charge in [0, 0.05) is 44.4 Å². The van der Waals surface area contributed by atoms with Gasteiger partial charge in [-0.05, 0) is 33.0 Å². The van der Waals surface area contributed by atoms with Gasteiger partial charge in [-0.15, -0.1) is 0 Å². The summed E-state index contributed by atoms with van der Waals surface area (Å²) >= 11 is 2.41. The number of aromatic nitrogens is 3. The van der Waals surface area contributed by atoms with Gasteiger partial charge in [0.1, 0.15) is 30.0 Å². The molecule has 2 N–H and O–H groups in total. The predicted octanol–water partition coefficient (Wildman–Crippen LogP) is 2.89. The van der Waals surface area contributed by atoms with E-state index in [-0.39, 0.29) is 6.61 Å². The van der Waals surface area contributed by atoms with E-state index in [1.54, 1.807) is 7.05 Å². The van der Waals surface area contributed by atoms with Gasteiger partial charge >= 0.3 is 0 Å². The van der Waals surface area contributed by atoms with Crippen molar-refractivity contribution in [3.05, 3.63) is 41.8 Å². The molecule has 3 aromatic rings. The smallest absolute Gasteiger partial charge is 0.162 e. The molecule has 1 atom stereocenters. The fourth-order valence-corrected chi connectivity index (χ4v) is 4.69. The lowest BCUT2D eigenvalue weighted by Gasteiger charge is -2.34. The summed E-state index contributed by atoms with van der Waals surface area (Å²) in [5.41, 5.74) is 3.35. The zero-order valence-corrected chi connectivity index (χ0v) is 21.9. The summed E-state index contributed by atoms with van der Waals surface area (Å²) in [6.07, 6.45) is -0.583. The number of ether oxygens (including phenoxy) is 1. The largest absolute Gasteiger partial charge is 0.491 e. The van der Waals surface area contributed by atoms with Crippen molar-refractivity contribution in [1.82, 2.24) is 25.3 Å². The number of rotatable bonds is 9. The number of hydrogen-bond donors (Lipinski definition) is 2. The summed E-state index contributed by atoms with van der Waals surface area (Å²) in [7, 11) is 1.80. The van der Waals surface area contributed by atoms with E-state index in [1.165, 1.54) is 0 Å². The third kappa shape index (κ3) is 5.85. The van der Waals surface area contributed by atoms with Crippen LogP contribution >= 0.6 is 22.6 Å². The highest BCUT2D eigenvalue weighted by molar-refractivity contribution is 14.1. The molecular weight excluding hydrogens is 547 g/mol. The monoisotopic (exact) mass is 578 g/mol. The Hall–Kier alpha value is -2.28. The summed E-state index contributed by atoms with van der Waals surface area (Å²) < 4.78 is 12.3. The van der Waals surface area contributed by atoms with Gasteiger partial charge in [-0.25, -0.2) is 9.97 Å². The average Bonchev–Trinajstić information content (AvgIpc) is 3.20. The first-order valence-corrected chi connectivity index (χ1v) is 12.9. The Balaban J connectivity index is 1.68. The van der Waals surface area contributed by atoms with E-state index in [1.807, 2.05) is 44.2 Å². The molecule has 182 valence electrons. The van der Waals surface area contributed by atoms with Crippen molar-refractivity contribution >= 4 is 28.4 Å². The number of alkyl halides is 1. The first-order chi connectivity index (χ1) is 16.5. The molecule has 10 heteroatoms. The highest BCUT2D eigenvalue weighted by Crippen LogP contribution is 2.31. The number of aliphatic hydroxyl groups is 1. The highest BCUT2D eigenvalue weighted by atomic mass is 127.